The molecule has 2 rings (SSSR count). The molecule has 3 amide bonds. The zero-order chi connectivity index (χ0) is 21.1. The Labute approximate surface area is 162 Å². The van der Waals surface area contributed by atoms with E-state index in [0.717, 1.165) is 0 Å². The highest BCUT2D eigenvalue weighted by atomic mass is 32.2. The zero-order valence-electron chi connectivity index (χ0n) is 15.7. The van der Waals surface area contributed by atoms with Crippen molar-refractivity contribution in [2.75, 3.05) is 30.8 Å². The number of methoxy groups -OCH3 is 1. The molecule has 28 heavy (non-hydrogen) atoms. The van der Waals surface area contributed by atoms with Crippen LogP contribution in [0.25, 0.3) is 0 Å². The van der Waals surface area contributed by atoms with Gasteiger partial charge in [0.25, 0.3) is 5.91 Å². The van der Waals surface area contributed by atoms with Gasteiger partial charge in [-0.05, 0) is 19.1 Å². The molecule has 0 saturated heterocycles. The van der Waals surface area contributed by atoms with E-state index in [0.29, 0.717) is 5.69 Å². The number of carbonyl (C=O) groups excluding carboxylic acids is 2. The van der Waals surface area contributed by atoms with Crippen LogP contribution in [0.3, 0.4) is 0 Å². The maximum atomic E-state index is 12.7. The summed E-state index contributed by atoms with van der Waals surface area (Å²) < 4.78 is 29.6. The number of hydrogen-bond donors (Lipinski definition) is 2. The first-order valence-electron chi connectivity index (χ1n) is 7.89. The van der Waals surface area contributed by atoms with E-state index < -0.39 is 22.1 Å². The number of anilines is 2. The summed E-state index contributed by atoms with van der Waals surface area (Å²) in [5, 5.41) is 7.50. The van der Waals surface area contributed by atoms with Gasteiger partial charge in [0.1, 0.15) is 0 Å². The van der Waals surface area contributed by atoms with Gasteiger partial charge in [-0.25, -0.2) is 14.9 Å². The summed E-state index contributed by atoms with van der Waals surface area (Å²) in [4.78, 5) is 34.3. The van der Waals surface area contributed by atoms with Gasteiger partial charge in [-0.15, -0.1) is 0 Å². The maximum absolute atomic E-state index is 12.7. The normalized spacial score (nSPS) is 10.9. The molecule has 150 valence electrons. The van der Waals surface area contributed by atoms with Gasteiger partial charge in [0.2, 0.25) is 11.8 Å². The lowest BCUT2D eigenvalue weighted by molar-refractivity contribution is 0.0828. The van der Waals surface area contributed by atoms with E-state index in [1.54, 1.807) is 6.92 Å². The predicted molar refractivity (Wildman–Crippen MR) is 102 cm³/mol. The largest absolute Gasteiger partial charge is 0.481 e. The molecular weight excluding hydrogens is 388 g/mol. The Morgan fingerprint density at radius 3 is 2.39 bits per heavy atom. The lowest BCUT2D eigenvalue weighted by Gasteiger charge is -2.23. The summed E-state index contributed by atoms with van der Waals surface area (Å²) >= 11 is 0. The highest BCUT2D eigenvalue weighted by Gasteiger charge is 2.31. The average Bonchev–Trinajstić information content (AvgIpc) is 2.59. The molecule has 0 atom stereocenters. The van der Waals surface area contributed by atoms with Crippen LogP contribution in [0.1, 0.15) is 16.1 Å². The van der Waals surface area contributed by atoms with E-state index >= 15 is 0 Å². The van der Waals surface area contributed by atoms with E-state index in [-0.39, 0.29) is 27.4 Å². The minimum atomic E-state index is -4.58. The lowest BCUT2D eigenvalue weighted by Crippen LogP contribution is -2.45. The number of aromatic nitrogens is 2. The highest BCUT2D eigenvalue weighted by Crippen LogP contribution is 2.24. The highest BCUT2D eigenvalue weighted by molar-refractivity contribution is 7.91. The van der Waals surface area contributed by atoms with Crippen LogP contribution >= 0.6 is 0 Å². The van der Waals surface area contributed by atoms with Crippen LogP contribution in [-0.4, -0.2) is 56.4 Å². The Morgan fingerprint density at radius 2 is 1.82 bits per heavy atom. The Morgan fingerprint density at radius 1 is 1.18 bits per heavy atom. The molecule has 0 saturated carbocycles. The number of para-hydroxylation sites is 1. The third-order valence-corrected chi connectivity index (χ3v) is 4.33. The molecule has 0 aliphatic rings. The van der Waals surface area contributed by atoms with Crippen LogP contribution in [0.2, 0.25) is 0 Å². The summed E-state index contributed by atoms with van der Waals surface area (Å²) in [6.45, 7) is 1.64. The number of amides is 3. The van der Waals surface area contributed by atoms with Crippen molar-refractivity contribution in [3.63, 3.8) is 0 Å². The van der Waals surface area contributed by atoms with E-state index in [4.69, 9.17) is 9.88 Å². The number of rotatable bonds is 5. The van der Waals surface area contributed by atoms with Gasteiger partial charge in [-0.2, -0.15) is 17.7 Å². The van der Waals surface area contributed by atoms with E-state index in [1.807, 2.05) is 0 Å². The summed E-state index contributed by atoms with van der Waals surface area (Å²) in [5.74, 6) is -0.523. The van der Waals surface area contributed by atoms with Gasteiger partial charge >= 0.3 is 16.2 Å². The molecule has 2 aromatic rings. The molecule has 3 N–H and O–H groups in total. The second-order valence-corrected chi connectivity index (χ2v) is 7.23. The molecular formula is C16H20N6O5S. The van der Waals surface area contributed by atoms with E-state index in [1.165, 1.54) is 56.4 Å². The molecule has 11 nitrogen and oxygen atoms in total. The van der Waals surface area contributed by atoms with Crippen LogP contribution in [-0.2, 0) is 10.2 Å². The van der Waals surface area contributed by atoms with Crippen molar-refractivity contribution >= 4 is 33.8 Å². The first kappa shape index (κ1) is 21.1. The van der Waals surface area contributed by atoms with Crippen LogP contribution in [0.4, 0.5) is 16.4 Å². The fourth-order valence-electron chi connectivity index (χ4n) is 2.28. The number of aryl methyl sites for hydroxylation is 1. The van der Waals surface area contributed by atoms with Crippen molar-refractivity contribution in [3.05, 3.63) is 41.6 Å². The van der Waals surface area contributed by atoms with Gasteiger partial charge < -0.3 is 9.64 Å². The zero-order valence-corrected chi connectivity index (χ0v) is 16.5. The number of ether oxygens (including phenoxy) is 1. The topological polar surface area (TPSA) is 148 Å². The lowest BCUT2D eigenvalue weighted by atomic mass is 10.1. The minimum Gasteiger partial charge on any atom is -0.481 e. The van der Waals surface area contributed by atoms with Gasteiger partial charge in [0.15, 0.2) is 0 Å². The molecule has 1 aromatic carbocycles. The molecule has 1 heterocycles. The van der Waals surface area contributed by atoms with E-state index in [2.05, 4.69) is 15.3 Å². The number of benzene rings is 1. The molecule has 0 unspecified atom stereocenters. The monoisotopic (exact) mass is 408 g/mol. The third kappa shape index (κ3) is 4.72. The number of nitrogens with one attached hydrogen (secondary N) is 1. The Bertz CT molecular complexity index is 1010. The molecule has 12 heteroatoms. The molecule has 1 aromatic heterocycles. The van der Waals surface area contributed by atoms with Crippen molar-refractivity contribution in [2.24, 2.45) is 5.14 Å². The van der Waals surface area contributed by atoms with Gasteiger partial charge in [0, 0.05) is 25.9 Å². The van der Waals surface area contributed by atoms with Crippen LogP contribution in [0.15, 0.2) is 30.3 Å². The Balaban J connectivity index is 2.51. The van der Waals surface area contributed by atoms with Crippen molar-refractivity contribution in [2.45, 2.75) is 6.92 Å². The number of urea groups is 1. The number of hydrogen-bond acceptors (Lipinski definition) is 7. The predicted octanol–water partition coefficient (Wildman–Crippen LogP) is 0.737. The molecule has 0 radical (unpaired) electrons. The molecule has 0 spiro atoms. The second-order valence-electron chi connectivity index (χ2n) is 5.83. The van der Waals surface area contributed by atoms with Crippen molar-refractivity contribution in [1.82, 2.24) is 14.9 Å². The summed E-state index contributed by atoms with van der Waals surface area (Å²) in [6, 6.07) is 6.05. The number of nitrogens with two attached hydrogens (primary N) is 1. The Hall–Kier alpha value is -3.25. The van der Waals surface area contributed by atoms with Crippen molar-refractivity contribution in [3.8, 4) is 5.88 Å². The van der Waals surface area contributed by atoms with E-state index in [9.17, 15) is 18.0 Å². The minimum absolute atomic E-state index is 0.0283. The van der Waals surface area contributed by atoms with Gasteiger partial charge in [-0.3, -0.25) is 10.1 Å². The summed E-state index contributed by atoms with van der Waals surface area (Å²) in [6.07, 6.45) is 0. The standard InChI is InChI=1S/C16H20N6O5S/c1-10-9-13(27-4)19-15(18-10)20-16(24)22(28(17,25)26)12-8-6-5-7-11(12)14(23)21(2)3/h5-9H,1-4H3,(H2,17,25,26)(H,18,19,20,24). The van der Waals surface area contributed by atoms with Crippen LogP contribution < -0.4 is 19.5 Å². The SMILES string of the molecule is COc1cc(C)nc(NC(=O)N(c2ccccc2C(=O)N(C)C)S(N)(=O)=O)n1. The van der Waals surface area contributed by atoms with Gasteiger partial charge in [0.05, 0.1) is 18.4 Å². The molecule has 0 aliphatic heterocycles. The first-order valence-corrected chi connectivity index (χ1v) is 9.39. The molecule has 0 fully saturated rings. The average molecular weight is 408 g/mol. The third-order valence-electron chi connectivity index (χ3n) is 3.46. The number of nitrogens with zero attached hydrogens (tertiary/aromatic N) is 4. The maximum Gasteiger partial charge on any atom is 0.343 e. The number of carbonyl (C=O) groups is 2. The fourth-order valence-corrected chi connectivity index (χ4v) is 2.99. The first-order chi connectivity index (χ1) is 13.0. The fraction of sp³-hybridized carbons (Fsp3) is 0.250. The second kappa shape index (κ2) is 8.19. The summed E-state index contributed by atoms with van der Waals surface area (Å²) in [5.41, 5.74) is 0.243. The molecule has 0 bridgehead atoms. The van der Waals surface area contributed by atoms with Crippen molar-refractivity contribution in [1.29, 1.82) is 0 Å². The Kier molecular flexibility index (Phi) is 6.16. The van der Waals surface area contributed by atoms with Crippen molar-refractivity contribution < 1.29 is 22.7 Å². The van der Waals surface area contributed by atoms with Crippen LogP contribution in [0, 0.1) is 6.92 Å². The van der Waals surface area contributed by atoms with Crippen LogP contribution in [0.5, 0.6) is 5.88 Å². The van der Waals surface area contributed by atoms with Gasteiger partial charge in [-0.1, -0.05) is 12.1 Å². The smallest absolute Gasteiger partial charge is 0.343 e. The molecule has 0 aliphatic carbocycles. The quantitative estimate of drug-likeness (QED) is 0.741. The summed E-state index contributed by atoms with van der Waals surface area (Å²) in [7, 11) is -0.212.